The molecule has 1 fully saturated rings. The Balaban J connectivity index is 2.28. The molecule has 88 valence electrons. The van der Waals surface area contributed by atoms with Gasteiger partial charge in [0.1, 0.15) is 6.42 Å². The maximum atomic E-state index is 11.7. The van der Waals surface area contributed by atoms with Gasteiger partial charge in [-0.2, -0.15) is 0 Å². The van der Waals surface area contributed by atoms with Gasteiger partial charge in [0.2, 0.25) is 11.8 Å². The Morgan fingerprint density at radius 2 is 1.94 bits per heavy atom. The number of benzene rings is 1. The molecule has 4 nitrogen and oxygen atoms in total. The number of amides is 2. The van der Waals surface area contributed by atoms with Crippen LogP contribution in [0.2, 0.25) is 0 Å². The second-order valence-corrected chi connectivity index (χ2v) is 4.17. The molecule has 0 spiro atoms. The Kier molecular flexibility index (Phi) is 3.19. The predicted octanol–water partition coefficient (Wildman–Crippen LogP) is 1.39. The van der Waals surface area contributed by atoms with Crippen LogP contribution >= 0.6 is 12.2 Å². The number of carbonyl (C=O) groups is 2. The van der Waals surface area contributed by atoms with Crippen LogP contribution in [-0.2, 0) is 16.0 Å². The Labute approximate surface area is 105 Å². The second-order valence-electron chi connectivity index (χ2n) is 3.78. The normalized spacial score (nSPS) is 16.1. The highest BCUT2D eigenvalue weighted by Crippen LogP contribution is 2.19. The average molecular weight is 248 g/mol. The molecule has 1 N–H and O–H groups in total. The van der Waals surface area contributed by atoms with E-state index < -0.39 is 0 Å². The number of nitrogens with zero attached hydrogens (tertiary/aromatic N) is 1. The van der Waals surface area contributed by atoms with Crippen LogP contribution in [0.1, 0.15) is 18.9 Å². The van der Waals surface area contributed by atoms with E-state index in [4.69, 9.17) is 12.2 Å². The van der Waals surface area contributed by atoms with Crippen LogP contribution in [0.3, 0.4) is 0 Å². The quantitative estimate of drug-likeness (QED) is 0.635. The van der Waals surface area contributed by atoms with Crippen molar-refractivity contribution in [1.29, 1.82) is 0 Å². The van der Waals surface area contributed by atoms with Gasteiger partial charge in [-0.05, 0) is 36.3 Å². The molecule has 1 aromatic carbocycles. The SMILES string of the molecule is CCc1ccc(N2C(=O)CC(=O)NC2=S)cc1. The summed E-state index contributed by atoms with van der Waals surface area (Å²) in [4.78, 5) is 24.2. The van der Waals surface area contributed by atoms with Gasteiger partial charge >= 0.3 is 0 Å². The first kappa shape index (κ1) is 11.7. The van der Waals surface area contributed by atoms with Gasteiger partial charge in [-0.25, -0.2) is 0 Å². The summed E-state index contributed by atoms with van der Waals surface area (Å²) < 4.78 is 0. The fourth-order valence-electron chi connectivity index (χ4n) is 1.69. The molecule has 0 aromatic heterocycles. The summed E-state index contributed by atoms with van der Waals surface area (Å²) in [7, 11) is 0. The van der Waals surface area contributed by atoms with Crippen LogP contribution in [0.15, 0.2) is 24.3 Å². The number of anilines is 1. The zero-order valence-corrected chi connectivity index (χ0v) is 10.2. The van der Waals surface area contributed by atoms with Gasteiger partial charge in [-0.1, -0.05) is 19.1 Å². The number of thiocarbonyl (C=S) groups is 1. The lowest BCUT2D eigenvalue weighted by Gasteiger charge is -2.27. The summed E-state index contributed by atoms with van der Waals surface area (Å²) >= 11 is 5.00. The van der Waals surface area contributed by atoms with Gasteiger partial charge in [-0.3, -0.25) is 14.5 Å². The molecule has 0 atom stereocenters. The zero-order valence-electron chi connectivity index (χ0n) is 9.40. The number of nitrogens with one attached hydrogen (secondary N) is 1. The van der Waals surface area contributed by atoms with E-state index in [1.165, 1.54) is 10.5 Å². The van der Waals surface area contributed by atoms with Crippen molar-refractivity contribution in [1.82, 2.24) is 5.32 Å². The van der Waals surface area contributed by atoms with E-state index in [0.29, 0.717) is 5.69 Å². The fourth-order valence-corrected chi connectivity index (χ4v) is 2.01. The first-order valence-electron chi connectivity index (χ1n) is 5.37. The van der Waals surface area contributed by atoms with E-state index in [9.17, 15) is 9.59 Å². The molecule has 0 bridgehead atoms. The molecule has 1 saturated heterocycles. The highest BCUT2D eigenvalue weighted by Gasteiger charge is 2.28. The fraction of sp³-hybridized carbons (Fsp3) is 0.250. The summed E-state index contributed by atoms with van der Waals surface area (Å²) in [6, 6.07) is 7.56. The molecule has 2 rings (SSSR count). The molecule has 1 heterocycles. The van der Waals surface area contributed by atoms with Gasteiger partial charge in [0.25, 0.3) is 0 Å². The van der Waals surface area contributed by atoms with Crippen molar-refractivity contribution in [2.45, 2.75) is 19.8 Å². The smallest absolute Gasteiger partial charge is 0.242 e. The summed E-state index contributed by atoms with van der Waals surface area (Å²) in [5.41, 5.74) is 1.88. The highest BCUT2D eigenvalue weighted by atomic mass is 32.1. The number of hydrogen-bond acceptors (Lipinski definition) is 3. The minimum Gasteiger partial charge on any atom is -0.302 e. The summed E-state index contributed by atoms with van der Waals surface area (Å²) in [6.45, 7) is 2.06. The molecule has 1 aromatic rings. The molecular weight excluding hydrogens is 236 g/mol. The number of aryl methyl sites for hydroxylation is 1. The first-order chi connectivity index (χ1) is 8.11. The molecule has 1 aliphatic heterocycles. The van der Waals surface area contributed by atoms with Crippen molar-refractivity contribution in [3.8, 4) is 0 Å². The van der Waals surface area contributed by atoms with E-state index in [-0.39, 0.29) is 23.3 Å². The number of hydrogen-bond donors (Lipinski definition) is 1. The Hall–Kier alpha value is -1.75. The van der Waals surface area contributed by atoms with Gasteiger partial charge in [-0.15, -0.1) is 0 Å². The summed E-state index contributed by atoms with van der Waals surface area (Å²) in [5, 5.41) is 2.63. The topological polar surface area (TPSA) is 49.4 Å². The molecule has 2 amide bonds. The second kappa shape index (κ2) is 4.63. The van der Waals surface area contributed by atoms with Crippen LogP contribution in [0.5, 0.6) is 0 Å². The highest BCUT2D eigenvalue weighted by molar-refractivity contribution is 7.80. The van der Waals surface area contributed by atoms with E-state index in [1.807, 2.05) is 24.3 Å². The van der Waals surface area contributed by atoms with Gasteiger partial charge in [0.15, 0.2) is 5.11 Å². The van der Waals surface area contributed by atoms with E-state index in [2.05, 4.69) is 12.2 Å². The monoisotopic (exact) mass is 248 g/mol. The minimum absolute atomic E-state index is 0.149. The minimum atomic E-state index is -0.346. The molecule has 0 aliphatic carbocycles. The molecule has 17 heavy (non-hydrogen) atoms. The molecule has 1 aliphatic rings. The zero-order chi connectivity index (χ0) is 12.4. The lowest BCUT2D eigenvalue weighted by Crippen LogP contribution is -2.52. The van der Waals surface area contributed by atoms with Gasteiger partial charge < -0.3 is 5.32 Å². The van der Waals surface area contributed by atoms with Gasteiger partial charge in [0.05, 0.1) is 5.69 Å². The Morgan fingerprint density at radius 3 is 2.47 bits per heavy atom. The van der Waals surface area contributed by atoms with Crippen molar-refractivity contribution in [2.24, 2.45) is 0 Å². The van der Waals surface area contributed by atoms with E-state index >= 15 is 0 Å². The molecule has 0 saturated carbocycles. The van der Waals surface area contributed by atoms with Crippen molar-refractivity contribution in [3.63, 3.8) is 0 Å². The first-order valence-corrected chi connectivity index (χ1v) is 5.78. The number of carbonyl (C=O) groups excluding carboxylic acids is 2. The van der Waals surface area contributed by atoms with Crippen LogP contribution in [0.4, 0.5) is 5.69 Å². The van der Waals surface area contributed by atoms with E-state index in [0.717, 1.165) is 6.42 Å². The lowest BCUT2D eigenvalue weighted by molar-refractivity contribution is -0.127. The summed E-state index contributed by atoms with van der Waals surface area (Å²) in [6.07, 6.45) is 0.783. The molecule has 0 radical (unpaired) electrons. The molecule has 5 heteroatoms. The van der Waals surface area contributed by atoms with E-state index in [1.54, 1.807) is 0 Å². The maximum absolute atomic E-state index is 11.7. The van der Waals surface area contributed by atoms with Crippen LogP contribution in [0.25, 0.3) is 0 Å². The van der Waals surface area contributed by atoms with Crippen LogP contribution < -0.4 is 10.2 Å². The average Bonchev–Trinajstić information content (AvgIpc) is 2.28. The third-order valence-corrected chi connectivity index (χ3v) is 2.90. The molecule has 0 unspecified atom stereocenters. The standard InChI is InChI=1S/C12H12N2O2S/c1-2-8-3-5-9(6-4-8)14-11(16)7-10(15)13-12(14)17/h3-6H,2,7H2,1H3,(H,13,15,17). The van der Waals surface area contributed by atoms with Crippen LogP contribution in [0, 0.1) is 0 Å². The van der Waals surface area contributed by atoms with Crippen molar-refractivity contribution in [2.75, 3.05) is 4.90 Å². The lowest BCUT2D eigenvalue weighted by atomic mass is 10.1. The largest absolute Gasteiger partial charge is 0.302 e. The Bertz CT molecular complexity index is 462. The third kappa shape index (κ3) is 2.34. The predicted molar refractivity (Wildman–Crippen MR) is 68.7 cm³/mol. The maximum Gasteiger partial charge on any atom is 0.242 e. The van der Waals surface area contributed by atoms with Crippen molar-refractivity contribution in [3.05, 3.63) is 29.8 Å². The van der Waals surface area contributed by atoms with Crippen LogP contribution in [-0.4, -0.2) is 16.9 Å². The Morgan fingerprint density at radius 1 is 1.29 bits per heavy atom. The number of rotatable bonds is 2. The van der Waals surface area contributed by atoms with Crippen molar-refractivity contribution < 1.29 is 9.59 Å². The summed E-state index contributed by atoms with van der Waals surface area (Å²) in [5.74, 6) is -0.635. The van der Waals surface area contributed by atoms with Crippen molar-refractivity contribution >= 4 is 34.8 Å². The molecular formula is C12H12N2O2S. The van der Waals surface area contributed by atoms with Gasteiger partial charge in [0, 0.05) is 0 Å². The third-order valence-electron chi connectivity index (χ3n) is 2.61.